The van der Waals surface area contributed by atoms with Gasteiger partial charge in [0.15, 0.2) is 0 Å². The number of nitrogens with zero attached hydrogens (tertiary/aromatic N) is 1. The van der Waals surface area contributed by atoms with Crippen LogP contribution in [0, 0.1) is 5.92 Å². The summed E-state index contributed by atoms with van der Waals surface area (Å²) in [6.07, 6.45) is 1.07. The Kier molecular flexibility index (Phi) is 5.69. The molecule has 1 aliphatic rings. The SMILES string of the molecule is CC(C)C(CNC(=O)CN1CCc2sccc2C1)c1ccccc1. The van der Waals surface area contributed by atoms with Crippen LogP contribution in [0.1, 0.15) is 35.8 Å². The Balaban J connectivity index is 1.51. The molecule has 2 aromatic rings. The topological polar surface area (TPSA) is 32.3 Å². The zero-order chi connectivity index (χ0) is 16.9. The summed E-state index contributed by atoms with van der Waals surface area (Å²) in [6, 6.07) is 12.7. The Morgan fingerprint density at radius 3 is 2.79 bits per heavy atom. The van der Waals surface area contributed by atoms with Gasteiger partial charge in [-0.25, -0.2) is 0 Å². The summed E-state index contributed by atoms with van der Waals surface area (Å²) in [7, 11) is 0. The predicted molar refractivity (Wildman–Crippen MR) is 100 cm³/mol. The average Bonchev–Trinajstić information content (AvgIpc) is 3.03. The van der Waals surface area contributed by atoms with Crippen molar-refractivity contribution >= 4 is 17.2 Å². The first-order chi connectivity index (χ1) is 11.6. The highest BCUT2D eigenvalue weighted by Gasteiger charge is 2.21. The van der Waals surface area contributed by atoms with Crippen LogP contribution in [-0.2, 0) is 17.8 Å². The quantitative estimate of drug-likeness (QED) is 0.869. The molecule has 0 radical (unpaired) electrons. The van der Waals surface area contributed by atoms with E-state index in [0.717, 1.165) is 19.5 Å². The van der Waals surface area contributed by atoms with E-state index in [1.165, 1.54) is 16.0 Å². The fourth-order valence-electron chi connectivity index (χ4n) is 3.36. The van der Waals surface area contributed by atoms with Crippen molar-refractivity contribution in [3.8, 4) is 0 Å². The fourth-order valence-corrected chi connectivity index (χ4v) is 4.25. The highest BCUT2D eigenvalue weighted by Crippen LogP contribution is 2.24. The second kappa shape index (κ2) is 7.95. The molecule has 1 aliphatic heterocycles. The van der Waals surface area contributed by atoms with Crippen molar-refractivity contribution in [2.75, 3.05) is 19.6 Å². The molecule has 1 unspecified atom stereocenters. The fraction of sp³-hybridized carbons (Fsp3) is 0.450. The van der Waals surface area contributed by atoms with Crippen LogP contribution in [0.4, 0.5) is 0 Å². The first-order valence-electron chi connectivity index (χ1n) is 8.72. The van der Waals surface area contributed by atoms with Crippen LogP contribution in [0.25, 0.3) is 0 Å². The number of thiophene rings is 1. The van der Waals surface area contributed by atoms with E-state index in [2.05, 4.69) is 59.8 Å². The standard InChI is InChI=1S/C20H26N2OS/c1-15(2)18(16-6-4-3-5-7-16)12-21-20(23)14-22-10-8-19-17(13-22)9-11-24-19/h3-7,9,11,15,18H,8,10,12-14H2,1-2H3,(H,21,23). The van der Waals surface area contributed by atoms with E-state index < -0.39 is 0 Å². The molecule has 0 spiro atoms. The number of carbonyl (C=O) groups excluding carboxylic acids is 1. The maximum absolute atomic E-state index is 12.4. The molecular weight excluding hydrogens is 316 g/mol. The van der Waals surface area contributed by atoms with E-state index in [4.69, 9.17) is 0 Å². The molecule has 0 saturated carbocycles. The largest absolute Gasteiger partial charge is 0.354 e. The zero-order valence-corrected chi connectivity index (χ0v) is 15.3. The maximum atomic E-state index is 12.4. The lowest BCUT2D eigenvalue weighted by atomic mass is 9.88. The minimum Gasteiger partial charge on any atom is -0.354 e. The predicted octanol–water partition coefficient (Wildman–Crippen LogP) is 3.66. The van der Waals surface area contributed by atoms with Gasteiger partial charge in [-0.1, -0.05) is 44.2 Å². The minimum atomic E-state index is 0.135. The molecule has 1 N–H and O–H groups in total. The first-order valence-corrected chi connectivity index (χ1v) is 9.60. The molecule has 1 aromatic carbocycles. The molecule has 3 rings (SSSR count). The maximum Gasteiger partial charge on any atom is 0.234 e. The van der Waals surface area contributed by atoms with Crippen LogP contribution in [0.2, 0.25) is 0 Å². The molecule has 1 aromatic heterocycles. The van der Waals surface area contributed by atoms with E-state index in [1.54, 1.807) is 0 Å². The van der Waals surface area contributed by atoms with Gasteiger partial charge in [0, 0.05) is 30.4 Å². The van der Waals surface area contributed by atoms with Crippen LogP contribution in [-0.4, -0.2) is 30.4 Å². The van der Waals surface area contributed by atoms with Gasteiger partial charge in [0.2, 0.25) is 5.91 Å². The third-order valence-electron chi connectivity index (χ3n) is 4.81. The number of fused-ring (bicyclic) bond motifs is 1. The summed E-state index contributed by atoms with van der Waals surface area (Å²) in [5, 5.41) is 5.30. The van der Waals surface area contributed by atoms with Crippen molar-refractivity contribution in [3.63, 3.8) is 0 Å². The smallest absolute Gasteiger partial charge is 0.234 e. The third-order valence-corrected chi connectivity index (χ3v) is 5.83. The Hall–Kier alpha value is -1.65. The molecule has 2 heterocycles. The lowest BCUT2D eigenvalue weighted by molar-refractivity contribution is -0.122. The lowest BCUT2D eigenvalue weighted by Crippen LogP contribution is -2.41. The van der Waals surface area contributed by atoms with E-state index in [0.29, 0.717) is 24.9 Å². The summed E-state index contributed by atoms with van der Waals surface area (Å²) in [5.41, 5.74) is 2.69. The number of amides is 1. The monoisotopic (exact) mass is 342 g/mol. The zero-order valence-electron chi connectivity index (χ0n) is 14.5. The minimum absolute atomic E-state index is 0.135. The van der Waals surface area contributed by atoms with Gasteiger partial charge in [0.25, 0.3) is 0 Å². The van der Waals surface area contributed by atoms with Crippen LogP contribution in [0.5, 0.6) is 0 Å². The van der Waals surface area contributed by atoms with Crippen molar-refractivity contribution < 1.29 is 4.79 Å². The molecular formula is C20H26N2OS. The molecule has 0 saturated heterocycles. The number of hydrogen-bond acceptors (Lipinski definition) is 3. The molecule has 1 amide bonds. The summed E-state index contributed by atoms with van der Waals surface area (Å²) in [6.45, 7) is 7.51. The molecule has 0 fully saturated rings. The highest BCUT2D eigenvalue weighted by atomic mass is 32.1. The van der Waals surface area contributed by atoms with Crippen LogP contribution >= 0.6 is 11.3 Å². The number of hydrogen-bond donors (Lipinski definition) is 1. The van der Waals surface area contributed by atoms with Gasteiger partial charge in [-0.15, -0.1) is 11.3 Å². The Labute approximate surface area is 148 Å². The number of benzene rings is 1. The van der Waals surface area contributed by atoms with E-state index >= 15 is 0 Å². The molecule has 0 aliphatic carbocycles. The van der Waals surface area contributed by atoms with Crippen molar-refractivity contribution in [3.05, 3.63) is 57.8 Å². The van der Waals surface area contributed by atoms with Crippen LogP contribution in [0.3, 0.4) is 0 Å². The van der Waals surface area contributed by atoms with Crippen molar-refractivity contribution in [2.45, 2.75) is 32.7 Å². The van der Waals surface area contributed by atoms with Gasteiger partial charge in [-0.2, -0.15) is 0 Å². The highest BCUT2D eigenvalue weighted by molar-refractivity contribution is 7.10. The van der Waals surface area contributed by atoms with Gasteiger partial charge >= 0.3 is 0 Å². The van der Waals surface area contributed by atoms with Crippen LogP contribution in [0.15, 0.2) is 41.8 Å². The van der Waals surface area contributed by atoms with Gasteiger partial charge < -0.3 is 5.32 Å². The summed E-state index contributed by atoms with van der Waals surface area (Å²) in [5.74, 6) is 0.992. The van der Waals surface area contributed by atoms with E-state index in [1.807, 2.05) is 17.4 Å². The van der Waals surface area contributed by atoms with Gasteiger partial charge in [0.1, 0.15) is 0 Å². The lowest BCUT2D eigenvalue weighted by Gasteiger charge is -2.27. The molecule has 4 heteroatoms. The molecule has 1 atom stereocenters. The van der Waals surface area contributed by atoms with Gasteiger partial charge in [0.05, 0.1) is 6.54 Å². The molecule has 24 heavy (non-hydrogen) atoms. The average molecular weight is 343 g/mol. The van der Waals surface area contributed by atoms with Crippen molar-refractivity contribution in [1.29, 1.82) is 0 Å². The Morgan fingerprint density at radius 2 is 2.04 bits per heavy atom. The summed E-state index contributed by atoms with van der Waals surface area (Å²) >= 11 is 1.83. The number of nitrogens with one attached hydrogen (secondary N) is 1. The normalized spacial score (nSPS) is 16.0. The van der Waals surface area contributed by atoms with Crippen LogP contribution < -0.4 is 5.32 Å². The Bertz CT molecular complexity index is 665. The molecule has 3 nitrogen and oxygen atoms in total. The number of carbonyl (C=O) groups is 1. The third kappa shape index (κ3) is 4.25. The summed E-state index contributed by atoms with van der Waals surface area (Å²) < 4.78 is 0. The second-order valence-electron chi connectivity index (χ2n) is 6.89. The van der Waals surface area contributed by atoms with Crippen molar-refractivity contribution in [2.24, 2.45) is 5.92 Å². The molecule has 0 bridgehead atoms. The van der Waals surface area contributed by atoms with E-state index in [-0.39, 0.29) is 5.91 Å². The Morgan fingerprint density at radius 1 is 1.25 bits per heavy atom. The van der Waals surface area contributed by atoms with E-state index in [9.17, 15) is 4.79 Å². The number of rotatable bonds is 6. The summed E-state index contributed by atoms with van der Waals surface area (Å²) in [4.78, 5) is 16.1. The molecule has 128 valence electrons. The first kappa shape index (κ1) is 17.2. The van der Waals surface area contributed by atoms with Gasteiger partial charge in [-0.3, -0.25) is 9.69 Å². The van der Waals surface area contributed by atoms with Crippen molar-refractivity contribution in [1.82, 2.24) is 10.2 Å². The second-order valence-corrected chi connectivity index (χ2v) is 7.90. The van der Waals surface area contributed by atoms with Gasteiger partial charge in [-0.05, 0) is 34.9 Å².